The molecule has 2 atom stereocenters. The number of aromatic nitrogens is 1. The van der Waals surface area contributed by atoms with E-state index in [0.29, 0.717) is 16.2 Å². The minimum absolute atomic E-state index is 0.0715. The summed E-state index contributed by atoms with van der Waals surface area (Å²) in [5, 5.41) is 15.5. The molecule has 150 valence electrons. The summed E-state index contributed by atoms with van der Waals surface area (Å²) in [4.78, 5) is 47.0. The first-order chi connectivity index (χ1) is 13.4. The Hall–Kier alpha value is -2.64. The number of carboxylic acid groups (broad SMARTS) is 1. The Labute approximate surface area is 167 Å². The number of methoxy groups -OCH3 is 1. The number of hydrogen-bond donors (Lipinski definition) is 3. The van der Waals surface area contributed by atoms with Crippen LogP contribution in [0.25, 0.3) is 0 Å². The number of ether oxygens (including phenoxy) is 1. The highest BCUT2D eigenvalue weighted by Gasteiger charge is 2.54. The van der Waals surface area contributed by atoms with Crippen LogP contribution in [0.2, 0.25) is 0 Å². The number of nitrogens with one attached hydrogen (secondary N) is 1. The number of nitrogens with two attached hydrogens (primary N) is 1. The Morgan fingerprint density at radius 3 is 2.82 bits per heavy atom. The lowest BCUT2D eigenvalue weighted by atomic mass is 10.0. The van der Waals surface area contributed by atoms with Gasteiger partial charge < -0.3 is 25.7 Å². The predicted molar refractivity (Wildman–Crippen MR) is 102 cm³/mol. The van der Waals surface area contributed by atoms with Crippen molar-refractivity contribution in [3.63, 3.8) is 0 Å². The number of thiazole rings is 1. The van der Waals surface area contributed by atoms with E-state index in [1.54, 1.807) is 0 Å². The molecule has 3 heterocycles. The number of aliphatic carboxylic acids is 1. The molecule has 0 aliphatic carbocycles. The average molecular weight is 427 g/mol. The van der Waals surface area contributed by atoms with Gasteiger partial charge in [-0.3, -0.25) is 14.5 Å². The third kappa shape index (κ3) is 3.55. The first-order valence-corrected chi connectivity index (χ1v) is 9.78. The van der Waals surface area contributed by atoms with Gasteiger partial charge in [0.15, 0.2) is 10.8 Å². The van der Waals surface area contributed by atoms with E-state index in [4.69, 9.17) is 15.3 Å². The first kappa shape index (κ1) is 20.1. The van der Waals surface area contributed by atoms with Gasteiger partial charge in [-0.15, -0.1) is 11.8 Å². The van der Waals surface area contributed by atoms with Gasteiger partial charge in [0.25, 0.3) is 11.8 Å². The highest BCUT2D eigenvalue weighted by Crippen LogP contribution is 2.40. The number of carbonyl (C=O) groups is 3. The molecule has 28 heavy (non-hydrogen) atoms. The van der Waals surface area contributed by atoms with Crippen molar-refractivity contribution in [2.75, 3.05) is 32.3 Å². The Kier molecular flexibility index (Phi) is 5.86. The van der Waals surface area contributed by atoms with E-state index in [1.807, 2.05) is 0 Å². The van der Waals surface area contributed by atoms with Gasteiger partial charge >= 0.3 is 5.97 Å². The number of hydrogen-bond acceptors (Lipinski definition) is 10. The Morgan fingerprint density at radius 1 is 1.50 bits per heavy atom. The molecule has 1 aromatic heterocycles. The number of fused-ring (bicyclic) bond motifs is 1. The molecule has 0 saturated carbocycles. The average Bonchev–Trinajstić information content (AvgIpc) is 3.09. The largest absolute Gasteiger partial charge is 0.477 e. The minimum Gasteiger partial charge on any atom is -0.477 e. The van der Waals surface area contributed by atoms with Gasteiger partial charge in [0.2, 0.25) is 0 Å². The van der Waals surface area contributed by atoms with Crippen LogP contribution in [0, 0.1) is 0 Å². The molecule has 0 aromatic carbocycles. The van der Waals surface area contributed by atoms with Crippen LogP contribution in [0.5, 0.6) is 0 Å². The molecule has 1 fully saturated rings. The third-order valence-electron chi connectivity index (χ3n) is 4.01. The number of nitrogens with zero attached hydrogens (tertiary/aromatic N) is 3. The first-order valence-electron chi connectivity index (χ1n) is 7.91. The number of rotatable bonds is 7. The monoisotopic (exact) mass is 427 g/mol. The maximum atomic E-state index is 12.6. The molecule has 3 rings (SSSR count). The van der Waals surface area contributed by atoms with Crippen LogP contribution in [0.15, 0.2) is 22.6 Å². The van der Waals surface area contributed by atoms with Gasteiger partial charge in [-0.2, -0.15) is 0 Å². The number of β-lactam (4-membered cyclic amide) rings is 1. The molecule has 1 saturated heterocycles. The quantitative estimate of drug-likeness (QED) is 0.295. The predicted octanol–water partition coefficient (Wildman–Crippen LogP) is -0.539. The summed E-state index contributed by atoms with van der Waals surface area (Å²) in [7, 11) is 2.74. The van der Waals surface area contributed by atoms with Crippen molar-refractivity contribution >= 4 is 51.7 Å². The fraction of sp³-hybridized carbons (Fsp3) is 0.400. The number of anilines is 1. The lowest BCUT2D eigenvalue weighted by Crippen LogP contribution is -2.71. The van der Waals surface area contributed by atoms with Crippen LogP contribution in [-0.4, -0.2) is 76.5 Å². The second-order valence-corrected chi connectivity index (χ2v) is 7.90. The normalized spacial score (nSPS) is 21.9. The molecule has 0 bridgehead atoms. The van der Waals surface area contributed by atoms with Crippen LogP contribution >= 0.6 is 23.1 Å². The van der Waals surface area contributed by atoms with E-state index >= 15 is 0 Å². The van der Waals surface area contributed by atoms with Gasteiger partial charge in [-0.25, -0.2) is 9.78 Å². The number of thioether (sulfide) groups is 1. The zero-order valence-corrected chi connectivity index (χ0v) is 16.5. The summed E-state index contributed by atoms with van der Waals surface area (Å²) in [5.74, 6) is -2.00. The van der Waals surface area contributed by atoms with E-state index in [2.05, 4.69) is 15.5 Å². The van der Waals surface area contributed by atoms with Crippen molar-refractivity contribution in [3.05, 3.63) is 22.3 Å². The zero-order chi connectivity index (χ0) is 20.4. The third-order valence-corrected chi connectivity index (χ3v) is 6.18. The number of oxime groups is 1. The van der Waals surface area contributed by atoms with Crippen LogP contribution in [0.3, 0.4) is 0 Å². The summed E-state index contributed by atoms with van der Waals surface area (Å²) in [6.45, 7) is 0.111. The Morgan fingerprint density at radius 2 is 2.25 bits per heavy atom. The molecule has 11 nitrogen and oxygen atoms in total. The molecule has 2 unspecified atom stereocenters. The van der Waals surface area contributed by atoms with E-state index in [9.17, 15) is 19.5 Å². The van der Waals surface area contributed by atoms with Crippen molar-refractivity contribution in [1.29, 1.82) is 0 Å². The summed E-state index contributed by atoms with van der Waals surface area (Å²) in [5.41, 5.74) is 5.93. The van der Waals surface area contributed by atoms with Gasteiger partial charge in [0.05, 0.1) is 11.5 Å². The van der Waals surface area contributed by atoms with Gasteiger partial charge in [0, 0.05) is 19.1 Å². The second-order valence-electron chi connectivity index (χ2n) is 5.74. The molecule has 2 aliphatic rings. The van der Waals surface area contributed by atoms with Gasteiger partial charge in [-0.05, 0) is 5.57 Å². The Balaban J connectivity index is 1.78. The van der Waals surface area contributed by atoms with E-state index in [-0.39, 0.29) is 23.1 Å². The lowest BCUT2D eigenvalue weighted by molar-refractivity contribution is -0.150. The summed E-state index contributed by atoms with van der Waals surface area (Å²) < 4.78 is 5.02. The highest BCUT2D eigenvalue weighted by atomic mass is 32.2. The zero-order valence-electron chi connectivity index (χ0n) is 14.9. The fourth-order valence-electron chi connectivity index (χ4n) is 2.86. The highest BCUT2D eigenvalue weighted by molar-refractivity contribution is 8.00. The number of carbonyl (C=O) groups excluding carboxylic acids is 2. The molecule has 4 N–H and O–H groups in total. The summed E-state index contributed by atoms with van der Waals surface area (Å²) >= 11 is 2.40. The second kappa shape index (κ2) is 8.16. The van der Waals surface area contributed by atoms with Crippen LogP contribution < -0.4 is 11.1 Å². The number of amides is 2. The standard InChI is InChI=1S/C15H17N5O6S2/c1-25-4-6-5-27-13-9(12(22)20(13)10(6)14(23)24)18-11(21)8(19-26-2)7-3-17-15(16)28-7/h3,9,13H,4-5H2,1-2H3,(H2,16,17)(H,18,21)(H,23,24)/b19-8-. The van der Waals surface area contributed by atoms with Crippen molar-refractivity contribution < 1.29 is 29.1 Å². The minimum atomic E-state index is -1.21. The molecule has 13 heteroatoms. The fourth-order valence-corrected chi connectivity index (χ4v) is 4.85. The summed E-state index contributed by atoms with van der Waals surface area (Å²) in [6, 6.07) is -0.886. The topological polar surface area (TPSA) is 156 Å². The van der Waals surface area contributed by atoms with E-state index in [0.717, 1.165) is 11.3 Å². The van der Waals surface area contributed by atoms with Crippen molar-refractivity contribution in [1.82, 2.24) is 15.2 Å². The molecular formula is C15H17N5O6S2. The lowest BCUT2D eigenvalue weighted by Gasteiger charge is -2.49. The van der Waals surface area contributed by atoms with Crippen LogP contribution in [0.4, 0.5) is 5.13 Å². The van der Waals surface area contributed by atoms with Crippen molar-refractivity contribution in [3.8, 4) is 0 Å². The SMILES string of the molecule is COCC1=C(C(=O)O)N2C(=O)C(NC(=O)/C(=N\OC)c3cnc(N)s3)C2SC1. The van der Waals surface area contributed by atoms with Crippen molar-refractivity contribution in [2.24, 2.45) is 5.16 Å². The van der Waals surface area contributed by atoms with E-state index < -0.39 is 29.2 Å². The van der Waals surface area contributed by atoms with Gasteiger partial charge in [-0.1, -0.05) is 16.5 Å². The molecule has 1 aromatic rings. The van der Waals surface area contributed by atoms with E-state index in [1.165, 1.54) is 37.1 Å². The molecular weight excluding hydrogens is 410 g/mol. The summed E-state index contributed by atoms with van der Waals surface area (Å²) in [6.07, 6.45) is 1.38. The molecule has 2 aliphatic heterocycles. The van der Waals surface area contributed by atoms with Crippen molar-refractivity contribution in [2.45, 2.75) is 11.4 Å². The van der Waals surface area contributed by atoms with Crippen LogP contribution in [-0.2, 0) is 24.0 Å². The van der Waals surface area contributed by atoms with Gasteiger partial charge in [0.1, 0.15) is 24.2 Å². The Bertz CT molecular complexity index is 882. The number of carboxylic acids is 1. The molecule has 2 amide bonds. The molecule has 0 radical (unpaired) electrons. The van der Waals surface area contributed by atoms with Crippen LogP contribution in [0.1, 0.15) is 4.88 Å². The maximum absolute atomic E-state index is 12.6. The number of nitrogen functional groups attached to an aromatic ring is 1. The molecule has 0 spiro atoms. The smallest absolute Gasteiger partial charge is 0.352 e. The maximum Gasteiger partial charge on any atom is 0.352 e.